The van der Waals surface area contributed by atoms with Gasteiger partial charge in [0.1, 0.15) is 10.5 Å². The highest BCUT2D eigenvalue weighted by Gasteiger charge is 2.33. The first kappa shape index (κ1) is 21.4. The molecule has 0 unspecified atom stereocenters. The number of hydrogen-bond acceptors (Lipinski definition) is 5. The molecule has 150 valence electrons. The molecule has 1 aromatic heterocycles. The monoisotopic (exact) mass is 404 g/mol. The Bertz CT molecular complexity index is 890. The lowest BCUT2D eigenvalue weighted by Crippen LogP contribution is -2.50. The van der Waals surface area contributed by atoms with Crippen molar-refractivity contribution in [3.8, 4) is 10.4 Å². The van der Waals surface area contributed by atoms with E-state index in [2.05, 4.69) is 10.6 Å². The second-order valence-corrected chi connectivity index (χ2v) is 7.41. The summed E-state index contributed by atoms with van der Waals surface area (Å²) in [4.78, 5) is 35.1. The van der Waals surface area contributed by atoms with E-state index in [4.69, 9.17) is 11.5 Å². The standard InChI is InChI=1S/C19H24N4O4S/c1-3-19(4-2,17(25)26)22-10-11-6-5-7-12(8-11)14-9-13(15(20)24)16(28-14)23-18(21)27/h5-9,22H,3-4,10H2,1-2H3,(H2,20,24)(H,25,26)(H3,21,23,27). The molecule has 0 fully saturated rings. The zero-order chi connectivity index (χ0) is 20.9. The highest BCUT2D eigenvalue weighted by molar-refractivity contribution is 7.20. The fourth-order valence-corrected chi connectivity index (χ4v) is 3.97. The van der Waals surface area contributed by atoms with Gasteiger partial charge < -0.3 is 16.6 Å². The van der Waals surface area contributed by atoms with Gasteiger partial charge in [-0.3, -0.25) is 20.2 Å². The number of nitrogens with one attached hydrogen (secondary N) is 2. The number of carboxylic acids is 1. The van der Waals surface area contributed by atoms with Gasteiger partial charge in [-0.2, -0.15) is 0 Å². The molecule has 9 heteroatoms. The van der Waals surface area contributed by atoms with Crippen molar-refractivity contribution in [2.75, 3.05) is 5.32 Å². The van der Waals surface area contributed by atoms with Crippen molar-refractivity contribution in [1.82, 2.24) is 5.32 Å². The summed E-state index contributed by atoms with van der Waals surface area (Å²) in [5, 5.41) is 15.4. The van der Waals surface area contributed by atoms with Crippen LogP contribution in [0.15, 0.2) is 30.3 Å². The number of hydrogen-bond donors (Lipinski definition) is 5. The van der Waals surface area contributed by atoms with Crippen molar-refractivity contribution in [1.29, 1.82) is 0 Å². The SMILES string of the molecule is CCC(CC)(NCc1cccc(-c2cc(C(N)=O)c(NC(N)=O)s2)c1)C(=O)O. The number of carbonyl (C=O) groups excluding carboxylic acids is 2. The van der Waals surface area contributed by atoms with Crippen LogP contribution in [0, 0.1) is 0 Å². The number of rotatable bonds is 9. The van der Waals surface area contributed by atoms with E-state index in [1.165, 1.54) is 11.3 Å². The number of primary amides is 2. The summed E-state index contributed by atoms with van der Waals surface area (Å²) < 4.78 is 0. The number of aliphatic carboxylic acids is 1. The van der Waals surface area contributed by atoms with Gasteiger partial charge in [-0.1, -0.05) is 32.0 Å². The molecule has 2 aromatic rings. The Kier molecular flexibility index (Phi) is 6.76. The molecular formula is C19H24N4O4S. The molecule has 0 saturated heterocycles. The lowest BCUT2D eigenvalue weighted by atomic mass is 9.92. The van der Waals surface area contributed by atoms with Crippen molar-refractivity contribution < 1.29 is 19.5 Å². The van der Waals surface area contributed by atoms with Gasteiger partial charge in [0.25, 0.3) is 5.91 Å². The lowest BCUT2D eigenvalue weighted by Gasteiger charge is -2.28. The molecule has 0 aliphatic heterocycles. The Labute approximate surface area is 166 Å². The van der Waals surface area contributed by atoms with Crippen LogP contribution in [0.3, 0.4) is 0 Å². The quantitative estimate of drug-likeness (QED) is 0.436. The van der Waals surface area contributed by atoms with Gasteiger partial charge in [0.15, 0.2) is 0 Å². The molecule has 0 saturated carbocycles. The number of urea groups is 1. The molecule has 0 radical (unpaired) electrons. The van der Waals surface area contributed by atoms with Gasteiger partial charge in [0.05, 0.1) is 5.56 Å². The van der Waals surface area contributed by atoms with Crippen molar-refractivity contribution in [3.63, 3.8) is 0 Å². The zero-order valence-electron chi connectivity index (χ0n) is 15.7. The maximum atomic E-state index is 11.6. The molecule has 7 N–H and O–H groups in total. The smallest absolute Gasteiger partial charge is 0.323 e. The fourth-order valence-electron chi connectivity index (χ4n) is 2.90. The second-order valence-electron chi connectivity index (χ2n) is 6.36. The van der Waals surface area contributed by atoms with E-state index in [0.29, 0.717) is 24.4 Å². The predicted octanol–water partition coefficient (Wildman–Crippen LogP) is 2.74. The number of anilines is 1. The van der Waals surface area contributed by atoms with E-state index in [1.807, 2.05) is 38.1 Å². The second kappa shape index (κ2) is 8.85. The number of amides is 3. The van der Waals surface area contributed by atoms with Crippen LogP contribution in [0.4, 0.5) is 9.80 Å². The van der Waals surface area contributed by atoms with Crippen LogP contribution < -0.4 is 22.1 Å². The van der Waals surface area contributed by atoms with Gasteiger partial charge in [0, 0.05) is 11.4 Å². The third kappa shape index (κ3) is 4.68. The first-order valence-corrected chi connectivity index (χ1v) is 9.62. The molecule has 1 aromatic carbocycles. The van der Waals surface area contributed by atoms with Crippen LogP contribution in [0.1, 0.15) is 42.6 Å². The molecule has 28 heavy (non-hydrogen) atoms. The normalized spacial score (nSPS) is 11.2. The van der Waals surface area contributed by atoms with Crippen molar-refractivity contribution in [2.24, 2.45) is 11.5 Å². The maximum Gasteiger partial charge on any atom is 0.323 e. The topological polar surface area (TPSA) is 148 Å². The zero-order valence-corrected chi connectivity index (χ0v) is 16.6. The van der Waals surface area contributed by atoms with Crippen LogP contribution in [-0.2, 0) is 11.3 Å². The minimum Gasteiger partial charge on any atom is -0.480 e. The summed E-state index contributed by atoms with van der Waals surface area (Å²) in [5.41, 5.74) is 11.4. The molecule has 0 spiro atoms. The minimum absolute atomic E-state index is 0.184. The summed E-state index contributed by atoms with van der Waals surface area (Å²) >= 11 is 1.19. The van der Waals surface area contributed by atoms with Crippen molar-refractivity contribution in [2.45, 2.75) is 38.8 Å². The van der Waals surface area contributed by atoms with E-state index < -0.39 is 23.4 Å². The minimum atomic E-state index is -0.976. The first-order valence-electron chi connectivity index (χ1n) is 8.80. The molecule has 0 aliphatic carbocycles. The van der Waals surface area contributed by atoms with Crippen LogP contribution >= 0.6 is 11.3 Å². The summed E-state index contributed by atoms with van der Waals surface area (Å²) in [6.07, 6.45) is 0.932. The molecule has 0 bridgehead atoms. The van der Waals surface area contributed by atoms with Gasteiger partial charge in [0.2, 0.25) is 0 Å². The van der Waals surface area contributed by atoms with Gasteiger partial charge in [-0.05, 0) is 36.1 Å². The molecule has 1 heterocycles. The summed E-state index contributed by atoms with van der Waals surface area (Å²) in [5.74, 6) is -1.54. The van der Waals surface area contributed by atoms with Crippen LogP contribution in [-0.4, -0.2) is 28.6 Å². The Balaban J connectivity index is 2.29. The largest absolute Gasteiger partial charge is 0.480 e. The van der Waals surface area contributed by atoms with E-state index in [1.54, 1.807) is 6.07 Å². The molecule has 0 aliphatic rings. The third-order valence-corrected chi connectivity index (χ3v) is 5.79. The highest BCUT2D eigenvalue weighted by Crippen LogP contribution is 2.35. The number of benzene rings is 1. The Morgan fingerprint density at radius 1 is 1.14 bits per heavy atom. The predicted molar refractivity (Wildman–Crippen MR) is 109 cm³/mol. The Hall–Kier alpha value is -2.91. The number of nitrogens with two attached hydrogens (primary N) is 2. The molecule has 3 amide bonds. The Morgan fingerprint density at radius 3 is 2.36 bits per heavy atom. The number of carbonyl (C=O) groups is 3. The summed E-state index contributed by atoms with van der Waals surface area (Å²) in [6, 6.07) is 8.31. The van der Waals surface area contributed by atoms with Gasteiger partial charge >= 0.3 is 12.0 Å². The van der Waals surface area contributed by atoms with E-state index in [0.717, 1.165) is 16.0 Å². The molecule has 8 nitrogen and oxygen atoms in total. The first-order chi connectivity index (χ1) is 13.2. The van der Waals surface area contributed by atoms with Gasteiger partial charge in [-0.15, -0.1) is 11.3 Å². The van der Waals surface area contributed by atoms with Crippen LogP contribution in [0.25, 0.3) is 10.4 Å². The summed E-state index contributed by atoms with van der Waals surface area (Å²) in [6.45, 7) is 4.05. The van der Waals surface area contributed by atoms with E-state index in [-0.39, 0.29) is 5.56 Å². The van der Waals surface area contributed by atoms with Crippen LogP contribution in [0.5, 0.6) is 0 Å². The summed E-state index contributed by atoms with van der Waals surface area (Å²) in [7, 11) is 0. The van der Waals surface area contributed by atoms with Crippen molar-refractivity contribution in [3.05, 3.63) is 41.5 Å². The van der Waals surface area contributed by atoms with Crippen molar-refractivity contribution >= 4 is 34.2 Å². The average Bonchev–Trinajstić information content (AvgIpc) is 3.06. The molecular weight excluding hydrogens is 380 g/mol. The number of thiophene rings is 1. The van der Waals surface area contributed by atoms with E-state index >= 15 is 0 Å². The van der Waals surface area contributed by atoms with Gasteiger partial charge in [-0.25, -0.2) is 4.79 Å². The lowest BCUT2D eigenvalue weighted by molar-refractivity contribution is -0.145. The third-order valence-electron chi connectivity index (χ3n) is 4.69. The van der Waals surface area contributed by atoms with Crippen LogP contribution in [0.2, 0.25) is 0 Å². The number of carboxylic acid groups (broad SMARTS) is 1. The van der Waals surface area contributed by atoms with E-state index in [9.17, 15) is 19.5 Å². The molecule has 2 rings (SSSR count). The molecule has 0 atom stereocenters. The fraction of sp³-hybridized carbons (Fsp3) is 0.316. The Morgan fingerprint density at radius 2 is 1.82 bits per heavy atom. The average molecular weight is 404 g/mol. The highest BCUT2D eigenvalue weighted by atomic mass is 32.1. The maximum absolute atomic E-state index is 11.6.